The number of Topliss-reactive ketones (excluding diaryl/α,β-unsaturated/α-hetero) is 1. The molecule has 0 aliphatic carbocycles. The highest BCUT2D eigenvalue weighted by molar-refractivity contribution is 5.94. The normalized spacial score (nSPS) is 10.2. The molecular formula is C16H23NO3. The van der Waals surface area contributed by atoms with E-state index in [4.69, 9.17) is 4.74 Å². The molecule has 1 rings (SSSR count). The fraction of sp³-hybridized carbons (Fsp3) is 0.500. The van der Waals surface area contributed by atoms with Crippen LogP contribution in [-0.4, -0.2) is 36.3 Å². The topological polar surface area (TPSA) is 46.6 Å². The van der Waals surface area contributed by atoms with Crippen molar-refractivity contribution < 1.29 is 14.3 Å². The van der Waals surface area contributed by atoms with Crippen molar-refractivity contribution in [3.05, 3.63) is 29.8 Å². The van der Waals surface area contributed by atoms with Crippen LogP contribution in [0.2, 0.25) is 0 Å². The summed E-state index contributed by atoms with van der Waals surface area (Å²) < 4.78 is 5.48. The third-order valence-electron chi connectivity index (χ3n) is 3.12. The largest absolute Gasteiger partial charge is 0.484 e. The van der Waals surface area contributed by atoms with Crippen molar-refractivity contribution in [2.75, 3.05) is 19.7 Å². The Morgan fingerprint density at radius 3 is 2.60 bits per heavy atom. The molecule has 1 aromatic rings. The lowest BCUT2D eigenvalue weighted by molar-refractivity contribution is -0.133. The highest BCUT2D eigenvalue weighted by atomic mass is 16.5. The maximum absolute atomic E-state index is 12.0. The zero-order valence-corrected chi connectivity index (χ0v) is 12.5. The van der Waals surface area contributed by atoms with Crippen LogP contribution < -0.4 is 4.74 Å². The summed E-state index contributed by atoms with van der Waals surface area (Å²) in [4.78, 5) is 25.1. The molecule has 20 heavy (non-hydrogen) atoms. The summed E-state index contributed by atoms with van der Waals surface area (Å²) in [6, 6.07) is 6.90. The molecule has 0 aliphatic heterocycles. The number of rotatable bonds is 8. The van der Waals surface area contributed by atoms with Gasteiger partial charge in [0.25, 0.3) is 5.91 Å². The number of ether oxygens (including phenoxy) is 1. The van der Waals surface area contributed by atoms with Crippen LogP contribution in [0.3, 0.4) is 0 Å². The number of benzene rings is 1. The molecule has 0 radical (unpaired) electrons. The van der Waals surface area contributed by atoms with Crippen molar-refractivity contribution >= 4 is 11.7 Å². The van der Waals surface area contributed by atoms with Crippen LogP contribution in [0.5, 0.6) is 5.75 Å². The van der Waals surface area contributed by atoms with Crippen molar-refractivity contribution in [3.63, 3.8) is 0 Å². The van der Waals surface area contributed by atoms with E-state index in [0.717, 1.165) is 19.4 Å². The van der Waals surface area contributed by atoms with E-state index in [1.807, 2.05) is 6.92 Å². The number of ketones is 1. The monoisotopic (exact) mass is 277 g/mol. The number of nitrogens with zero attached hydrogens (tertiary/aromatic N) is 1. The molecular weight excluding hydrogens is 254 g/mol. The lowest BCUT2D eigenvalue weighted by Crippen LogP contribution is -2.35. The minimum Gasteiger partial charge on any atom is -0.484 e. The fourth-order valence-electron chi connectivity index (χ4n) is 1.85. The Kier molecular flexibility index (Phi) is 6.77. The van der Waals surface area contributed by atoms with Gasteiger partial charge in [0.2, 0.25) is 0 Å². The molecule has 1 amide bonds. The Morgan fingerprint density at radius 1 is 1.25 bits per heavy atom. The fourth-order valence-corrected chi connectivity index (χ4v) is 1.85. The van der Waals surface area contributed by atoms with Gasteiger partial charge < -0.3 is 9.64 Å². The van der Waals surface area contributed by atoms with Crippen molar-refractivity contribution in [3.8, 4) is 5.75 Å². The van der Waals surface area contributed by atoms with E-state index in [-0.39, 0.29) is 18.3 Å². The standard InChI is InChI=1S/C16H23NO3/c1-4-6-10-17(5-2)16(19)12-20-15-9-7-8-14(11-15)13(3)18/h7-9,11H,4-6,10,12H2,1-3H3. The number of hydrogen-bond donors (Lipinski definition) is 0. The van der Waals surface area contributed by atoms with Gasteiger partial charge in [0.05, 0.1) is 0 Å². The third-order valence-corrected chi connectivity index (χ3v) is 3.12. The van der Waals surface area contributed by atoms with E-state index < -0.39 is 0 Å². The van der Waals surface area contributed by atoms with Crippen LogP contribution in [-0.2, 0) is 4.79 Å². The van der Waals surface area contributed by atoms with Gasteiger partial charge in [0.1, 0.15) is 5.75 Å². The summed E-state index contributed by atoms with van der Waals surface area (Å²) in [6.45, 7) is 7.04. The molecule has 0 saturated carbocycles. The SMILES string of the molecule is CCCCN(CC)C(=O)COc1cccc(C(C)=O)c1. The van der Waals surface area contributed by atoms with Crippen LogP contribution in [0, 0.1) is 0 Å². The first-order valence-corrected chi connectivity index (χ1v) is 7.10. The number of carbonyl (C=O) groups is 2. The van der Waals surface area contributed by atoms with E-state index >= 15 is 0 Å². The van der Waals surface area contributed by atoms with E-state index in [9.17, 15) is 9.59 Å². The first-order chi connectivity index (χ1) is 9.58. The molecule has 0 spiro atoms. The van der Waals surface area contributed by atoms with Crippen LogP contribution in [0.25, 0.3) is 0 Å². The molecule has 0 aliphatic rings. The van der Waals surface area contributed by atoms with Gasteiger partial charge in [-0.2, -0.15) is 0 Å². The third kappa shape index (κ3) is 5.03. The van der Waals surface area contributed by atoms with Crippen molar-refractivity contribution in [1.29, 1.82) is 0 Å². The van der Waals surface area contributed by atoms with Gasteiger partial charge in [0.15, 0.2) is 12.4 Å². The molecule has 0 bridgehead atoms. The molecule has 1 aromatic carbocycles. The molecule has 4 nitrogen and oxygen atoms in total. The minimum absolute atomic E-state index is 0.0128. The predicted molar refractivity (Wildman–Crippen MR) is 79.1 cm³/mol. The second-order valence-corrected chi connectivity index (χ2v) is 4.70. The first kappa shape index (κ1) is 16.2. The van der Waals surface area contributed by atoms with Crippen LogP contribution in [0.15, 0.2) is 24.3 Å². The molecule has 4 heteroatoms. The predicted octanol–water partition coefficient (Wildman–Crippen LogP) is 2.92. The van der Waals surface area contributed by atoms with Gasteiger partial charge in [-0.25, -0.2) is 0 Å². The Hall–Kier alpha value is -1.84. The smallest absolute Gasteiger partial charge is 0.260 e. The summed E-state index contributed by atoms with van der Waals surface area (Å²) in [5, 5.41) is 0. The van der Waals surface area contributed by atoms with Crippen LogP contribution in [0.1, 0.15) is 44.0 Å². The van der Waals surface area contributed by atoms with Crippen molar-refractivity contribution in [2.45, 2.75) is 33.6 Å². The number of unbranched alkanes of at least 4 members (excludes halogenated alkanes) is 1. The Labute approximate surface area is 120 Å². The van der Waals surface area contributed by atoms with Gasteiger partial charge in [-0.3, -0.25) is 9.59 Å². The van der Waals surface area contributed by atoms with Gasteiger partial charge in [-0.15, -0.1) is 0 Å². The zero-order valence-electron chi connectivity index (χ0n) is 12.5. The lowest BCUT2D eigenvalue weighted by Gasteiger charge is -2.20. The van der Waals surface area contributed by atoms with Gasteiger partial charge in [-0.05, 0) is 32.4 Å². The molecule has 0 N–H and O–H groups in total. The molecule has 0 atom stereocenters. The summed E-state index contributed by atoms with van der Waals surface area (Å²) in [7, 11) is 0. The second-order valence-electron chi connectivity index (χ2n) is 4.70. The van der Waals surface area contributed by atoms with Gasteiger partial charge >= 0.3 is 0 Å². The van der Waals surface area contributed by atoms with Crippen LogP contribution in [0.4, 0.5) is 0 Å². The molecule has 0 fully saturated rings. The number of likely N-dealkylation sites (N-methyl/N-ethyl adjacent to an activating group) is 1. The Balaban J connectivity index is 2.55. The maximum Gasteiger partial charge on any atom is 0.260 e. The molecule has 0 aromatic heterocycles. The lowest BCUT2D eigenvalue weighted by atomic mass is 10.1. The van der Waals surface area contributed by atoms with Crippen LogP contribution >= 0.6 is 0 Å². The van der Waals surface area contributed by atoms with E-state index in [0.29, 0.717) is 17.9 Å². The van der Waals surface area contributed by atoms with E-state index in [2.05, 4.69) is 6.92 Å². The Bertz CT molecular complexity index is 457. The second kappa shape index (κ2) is 8.35. The highest BCUT2D eigenvalue weighted by Gasteiger charge is 2.12. The Morgan fingerprint density at radius 2 is 2.00 bits per heavy atom. The summed E-state index contributed by atoms with van der Waals surface area (Å²) in [6.07, 6.45) is 2.06. The van der Waals surface area contributed by atoms with Gasteiger partial charge in [0, 0.05) is 18.7 Å². The summed E-state index contributed by atoms with van der Waals surface area (Å²) in [5.41, 5.74) is 0.591. The number of hydrogen-bond acceptors (Lipinski definition) is 3. The summed E-state index contributed by atoms with van der Waals surface area (Å²) >= 11 is 0. The summed E-state index contributed by atoms with van der Waals surface area (Å²) in [5.74, 6) is 0.520. The maximum atomic E-state index is 12.0. The number of amides is 1. The average molecular weight is 277 g/mol. The average Bonchev–Trinajstić information content (AvgIpc) is 2.46. The molecule has 0 saturated heterocycles. The minimum atomic E-state index is -0.0193. The quantitative estimate of drug-likeness (QED) is 0.686. The number of carbonyl (C=O) groups excluding carboxylic acids is 2. The van der Waals surface area contributed by atoms with Crippen molar-refractivity contribution in [2.24, 2.45) is 0 Å². The molecule has 110 valence electrons. The van der Waals surface area contributed by atoms with Crippen molar-refractivity contribution in [1.82, 2.24) is 4.90 Å². The van der Waals surface area contributed by atoms with E-state index in [1.54, 1.807) is 29.2 Å². The highest BCUT2D eigenvalue weighted by Crippen LogP contribution is 2.14. The van der Waals surface area contributed by atoms with E-state index in [1.165, 1.54) is 6.92 Å². The zero-order chi connectivity index (χ0) is 15.0. The molecule has 0 unspecified atom stereocenters. The molecule has 0 heterocycles. The van der Waals surface area contributed by atoms with Gasteiger partial charge in [-0.1, -0.05) is 25.5 Å². The first-order valence-electron chi connectivity index (χ1n) is 7.10.